The van der Waals surface area contributed by atoms with Crippen LogP contribution in [0, 0.1) is 0 Å². The summed E-state index contributed by atoms with van der Waals surface area (Å²) >= 11 is 1.52. The highest BCUT2D eigenvalue weighted by Gasteiger charge is 2.24. The van der Waals surface area contributed by atoms with E-state index in [0.29, 0.717) is 11.6 Å². The molecule has 1 amide bonds. The van der Waals surface area contributed by atoms with E-state index in [-0.39, 0.29) is 11.9 Å². The molecular weight excluding hydrogens is 346 g/mol. The summed E-state index contributed by atoms with van der Waals surface area (Å²) in [6, 6.07) is 5.95. The van der Waals surface area contributed by atoms with E-state index in [1.54, 1.807) is 6.20 Å². The average molecular weight is 367 g/mol. The summed E-state index contributed by atoms with van der Waals surface area (Å²) in [4.78, 5) is 28.3. The van der Waals surface area contributed by atoms with Gasteiger partial charge in [0.1, 0.15) is 0 Å². The molecule has 1 N–H and O–H groups in total. The number of nitrogens with zero attached hydrogens (tertiary/aromatic N) is 4. The Balaban J connectivity index is 1.68. The molecule has 3 aromatic heterocycles. The molecule has 4 heterocycles. The highest BCUT2D eigenvalue weighted by atomic mass is 32.1. The third kappa shape index (κ3) is 3.26. The minimum absolute atomic E-state index is 0.00910. The molecule has 1 fully saturated rings. The van der Waals surface area contributed by atoms with Crippen molar-refractivity contribution in [2.75, 3.05) is 18.4 Å². The minimum Gasteiger partial charge on any atom is -0.347 e. The number of fused-ring (bicyclic) bond motifs is 1. The maximum atomic E-state index is 12.9. The van der Waals surface area contributed by atoms with Crippen molar-refractivity contribution in [1.82, 2.24) is 19.9 Å². The molecule has 134 valence electrons. The molecule has 4 rings (SSSR count). The summed E-state index contributed by atoms with van der Waals surface area (Å²) in [7, 11) is 0. The van der Waals surface area contributed by atoms with Gasteiger partial charge < -0.3 is 10.2 Å². The number of aromatic nitrogens is 3. The fourth-order valence-electron chi connectivity index (χ4n) is 3.30. The van der Waals surface area contributed by atoms with Crippen LogP contribution in [0.4, 0.5) is 5.95 Å². The summed E-state index contributed by atoms with van der Waals surface area (Å²) in [5, 5.41) is 5.35. The van der Waals surface area contributed by atoms with E-state index < -0.39 is 0 Å². The molecule has 1 atom stereocenters. The number of carbonyl (C=O) groups is 1. The molecule has 0 aliphatic carbocycles. The van der Waals surface area contributed by atoms with Crippen molar-refractivity contribution in [1.29, 1.82) is 0 Å². The fourth-order valence-corrected chi connectivity index (χ4v) is 4.11. The number of thiophene rings is 1. The van der Waals surface area contributed by atoms with Crippen molar-refractivity contribution in [3.8, 4) is 0 Å². The maximum Gasteiger partial charge on any atom is 0.274 e. The molecule has 3 aromatic rings. The van der Waals surface area contributed by atoms with Crippen LogP contribution in [-0.4, -0.2) is 38.8 Å². The molecule has 7 heteroatoms. The van der Waals surface area contributed by atoms with Crippen molar-refractivity contribution in [3.63, 3.8) is 0 Å². The standard InChI is InChI=1S/C19H21N5OS/c1-2-14(13-6-5-8-20-12-13)21-19-22-15-7-11-26-17(15)16(23-19)18(25)24-9-3-4-10-24/h5-8,11-12,14H,2-4,9-10H2,1H3,(H,21,22,23). The summed E-state index contributed by atoms with van der Waals surface area (Å²) < 4.78 is 0.863. The summed E-state index contributed by atoms with van der Waals surface area (Å²) in [6.45, 7) is 3.72. The lowest BCUT2D eigenvalue weighted by molar-refractivity contribution is 0.0789. The molecule has 1 unspecified atom stereocenters. The quantitative estimate of drug-likeness (QED) is 0.741. The van der Waals surface area contributed by atoms with Crippen LogP contribution in [0.2, 0.25) is 0 Å². The van der Waals surface area contributed by atoms with Gasteiger partial charge in [0.05, 0.1) is 16.3 Å². The van der Waals surface area contributed by atoms with E-state index >= 15 is 0 Å². The van der Waals surface area contributed by atoms with E-state index in [1.165, 1.54) is 11.3 Å². The second-order valence-corrected chi connectivity index (χ2v) is 7.34. The predicted octanol–water partition coefficient (Wildman–Crippen LogP) is 3.89. The van der Waals surface area contributed by atoms with Crippen LogP contribution in [0.1, 0.15) is 48.3 Å². The van der Waals surface area contributed by atoms with Gasteiger partial charge >= 0.3 is 0 Å². The molecule has 1 saturated heterocycles. The first-order valence-electron chi connectivity index (χ1n) is 8.97. The molecule has 6 nitrogen and oxygen atoms in total. The minimum atomic E-state index is 0.00910. The summed E-state index contributed by atoms with van der Waals surface area (Å²) in [6.07, 6.45) is 6.60. The van der Waals surface area contributed by atoms with E-state index in [9.17, 15) is 4.79 Å². The van der Waals surface area contributed by atoms with Crippen LogP contribution in [0.25, 0.3) is 10.2 Å². The Kier molecular flexibility index (Phi) is 4.79. The van der Waals surface area contributed by atoms with Gasteiger partial charge in [0.2, 0.25) is 5.95 Å². The monoisotopic (exact) mass is 367 g/mol. The zero-order valence-electron chi connectivity index (χ0n) is 14.7. The van der Waals surface area contributed by atoms with Crippen LogP contribution in [0.15, 0.2) is 36.0 Å². The summed E-state index contributed by atoms with van der Waals surface area (Å²) in [5.74, 6) is 0.504. The third-order valence-electron chi connectivity index (χ3n) is 4.70. The van der Waals surface area contributed by atoms with E-state index in [4.69, 9.17) is 0 Å². The topological polar surface area (TPSA) is 71.0 Å². The van der Waals surface area contributed by atoms with Gasteiger partial charge in [0.25, 0.3) is 5.91 Å². The van der Waals surface area contributed by atoms with Crippen LogP contribution >= 0.6 is 11.3 Å². The van der Waals surface area contributed by atoms with Gasteiger partial charge in [0.15, 0.2) is 5.69 Å². The van der Waals surface area contributed by atoms with Crippen molar-refractivity contribution >= 4 is 33.4 Å². The number of anilines is 1. The Morgan fingerprint density at radius 1 is 1.31 bits per heavy atom. The van der Waals surface area contributed by atoms with Crippen LogP contribution in [0.5, 0.6) is 0 Å². The van der Waals surface area contributed by atoms with Gasteiger partial charge in [-0.2, -0.15) is 0 Å². The highest BCUT2D eigenvalue weighted by Crippen LogP contribution is 2.27. The second kappa shape index (κ2) is 7.37. The predicted molar refractivity (Wildman–Crippen MR) is 103 cm³/mol. The lowest BCUT2D eigenvalue weighted by Gasteiger charge is -2.19. The molecule has 0 bridgehead atoms. The Morgan fingerprint density at radius 3 is 2.88 bits per heavy atom. The van der Waals surface area contributed by atoms with Gasteiger partial charge in [-0.25, -0.2) is 9.97 Å². The number of rotatable bonds is 5. The normalized spacial score (nSPS) is 15.3. The summed E-state index contributed by atoms with van der Waals surface area (Å²) in [5.41, 5.74) is 2.41. The fraction of sp³-hybridized carbons (Fsp3) is 0.368. The first-order chi connectivity index (χ1) is 12.8. The number of hydrogen-bond acceptors (Lipinski definition) is 6. The Hall–Kier alpha value is -2.54. The number of likely N-dealkylation sites (tertiary alicyclic amines) is 1. The number of amides is 1. The Labute approximate surface area is 156 Å². The van der Waals surface area contributed by atoms with E-state index in [0.717, 1.165) is 48.1 Å². The van der Waals surface area contributed by atoms with Gasteiger partial charge in [-0.05, 0) is 42.3 Å². The third-order valence-corrected chi connectivity index (χ3v) is 5.61. The van der Waals surface area contributed by atoms with Gasteiger partial charge in [-0.15, -0.1) is 11.3 Å². The SMILES string of the molecule is CCC(Nc1nc(C(=O)N2CCCC2)c2sccc2n1)c1cccnc1. The first kappa shape index (κ1) is 16.9. The van der Waals surface area contributed by atoms with Crippen LogP contribution in [0.3, 0.4) is 0 Å². The molecule has 0 spiro atoms. The molecule has 0 saturated carbocycles. The van der Waals surface area contributed by atoms with Gasteiger partial charge in [-0.1, -0.05) is 13.0 Å². The number of nitrogens with one attached hydrogen (secondary N) is 1. The van der Waals surface area contributed by atoms with E-state index in [1.807, 2.05) is 34.7 Å². The maximum absolute atomic E-state index is 12.9. The van der Waals surface area contributed by atoms with Crippen LogP contribution < -0.4 is 5.32 Å². The van der Waals surface area contributed by atoms with Crippen molar-refractivity contribution < 1.29 is 4.79 Å². The lowest BCUT2D eigenvalue weighted by atomic mass is 10.1. The first-order valence-corrected chi connectivity index (χ1v) is 9.85. The van der Waals surface area contributed by atoms with E-state index in [2.05, 4.69) is 27.2 Å². The Morgan fingerprint density at radius 2 is 2.15 bits per heavy atom. The zero-order valence-corrected chi connectivity index (χ0v) is 15.5. The van der Waals surface area contributed by atoms with Crippen molar-refractivity contribution in [2.45, 2.75) is 32.2 Å². The number of carbonyl (C=O) groups excluding carboxylic acids is 1. The molecule has 1 aliphatic rings. The second-order valence-electron chi connectivity index (χ2n) is 6.42. The van der Waals surface area contributed by atoms with Gasteiger partial charge in [-0.3, -0.25) is 9.78 Å². The molecule has 0 radical (unpaired) electrons. The van der Waals surface area contributed by atoms with Gasteiger partial charge in [0, 0.05) is 25.5 Å². The molecule has 0 aromatic carbocycles. The lowest BCUT2D eigenvalue weighted by Crippen LogP contribution is -2.29. The number of pyridine rings is 1. The largest absolute Gasteiger partial charge is 0.347 e. The number of hydrogen-bond donors (Lipinski definition) is 1. The average Bonchev–Trinajstić information content (AvgIpc) is 3.37. The smallest absolute Gasteiger partial charge is 0.274 e. The van der Waals surface area contributed by atoms with Crippen molar-refractivity contribution in [3.05, 3.63) is 47.2 Å². The molecule has 1 aliphatic heterocycles. The Bertz CT molecular complexity index is 905. The van der Waals surface area contributed by atoms with Crippen LogP contribution in [-0.2, 0) is 0 Å². The highest BCUT2D eigenvalue weighted by molar-refractivity contribution is 7.17. The molecule has 26 heavy (non-hydrogen) atoms. The zero-order chi connectivity index (χ0) is 17.9. The van der Waals surface area contributed by atoms with Crippen molar-refractivity contribution in [2.24, 2.45) is 0 Å². The molecular formula is C19H21N5OS.